The molecule has 0 saturated carbocycles. The normalized spacial score (nSPS) is 11.2. The summed E-state index contributed by atoms with van der Waals surface area (Å²) in [5, 5.41) is 2.49. The number of hydrogen-bond acceptors (Lipinski definition) is 3. The van der Waals surface area contributed by atoms with E-state index in [0.29, 0.717) is 5.69 Å². The van der Waals surface area contributed by atoms with Gasteiger partial charge >= 0.3 is 12.4 Å². The number of ether oxygens (including phenoxy) is 1. The molecule has 0 unspecified atom stereocenters. The summed E-state index contributed by atoms with van der Waals surface area (Å²) in [6.07, 6.45) is -0.614. The van der Waals surface area contributed by atoms with Crippen molar-refractivity contribution in [2.45, 2.75) is 6.36 Å². The largest absolute Gasteiger partial charge is 0.573 e. The van der Waals surface area contributed by atoms with Crippen molar-refractivity contribution < 1.29 is 22.7 Å². The molecule has 5 nitrogen and oxygen atoms in total. The van der Waals surface area contributed by atoms with E-state index in [1.54, 1.807) is 0 Å². The Labute approximate surface area is 119 Å². The Balaban J connectivity index is 2.11. The van der Waals surface area contributed by atoms with Crippen molar-refractivity contribution in [2.24, 2.45) is 0 Å². The molecule has 9 heteroatoms. The third kappa shape index (κ3) is 3.73. The first-order valence-corrected chi connectivity index (χ1v) is 5.99. The van der Waals surface area contributed by atoms with Gasteiger partial charge in [-0.15, -0.1) is 13.2 Å². The van der Waals surface area contributed by atoms with Gasteiger partial charge in [-0.05, 0) is 34.1 Å². The molecule has 0 bridgehead atoms. The van der Waals surface area contributed by atoms with Crippen molar-refractivity contribution in [3.63, 3.8) is 0 Å². The second kappa shape index (κ2) is 5.53. The van der Waals surface area contributed by atoms with Gasteiger partial charge in [-0.2, -0.15) is 0 Å². The molecule has 1 amide bonds. The number of hydrogen-bond donors (Lipinski definition) is 1. The summed E-state index contributed by atoms with van der Waals surface area (Å²) in [5.41, 5.74) is 0.310. The van der Waals surface area contributed by atoms with E-state index in [9.17, 15) is 18.0 Å². The molecule has 0 atom stereocenters. The zero-order valence-electron chi connectivity index (χ0n) is 9.69. The number of rotatable bonds is 2. The average Bonchev–Trinajstić information content (AvgIpc) is 2.85. The number of aromatic nitrogens is 2. The molecule has 0 radical (unpaired) electrons. The number of amides is 1. The van der Waals surface area contributed by atoms with E-state index in [4.69, 9.17) is 0 Å². The third-order valence-electron chi connectivity index (χ3n) is 2.15. The lowest BCUT2D eigenvalue weighted by Gasteiger charge is -2.12. The van der Waals surface area contributed by atoms with E-state index >= 15 is 0 Å². The maximum Gasteiger partial charge on any atom is 0.573 e. The SMILES string of the molecule is O=C(Nc1ccc(OC(F)(F)F)c(Br)c1)n1ccnc1. The number of nitrogens with zero attached hydrogens (tertiary/aromatic N) is 2. The molecule has 1 aromatic heterocycles. The van der Waals surface area contributed by atoms with Crippen molar-refractivity contribution in [3.8, 4) is 5.75 Å². The summed E-state index contributed by atoms with van der Waals surface area (Å²) in [7, 11) is 0. The Morgan fingerprint density at radius 3 is 2.70 bits per heavy atom. The first-order valence-electron chi connectivity index (χ1n) is 5.20. The first kappa shape index (κ1) is 14.4. The lowest BCUT2D eigenvalue weighted by molar-refractivity contribution is -0.274. The van der Waals surface area contributed by atoms with E-state index < -0.39 is 18.1 Å². The van der Waals surface area contributed by atoms with Gasteiger partial charge in [0.25, 0.3) is 0 Å². The highest BCUT2D eigenvalue weighted by molar-refractivity contribution is 9.10. The maximum atomic E-state index is 12.1. The molecular formula is C11H7BrF3N3O2. The molecule has 1 N–H and O–H groups in total. The monoisotopic (exact) mass is 349 g/mol. The number of benzene rings is 1. The summed E-state index contributed by atoms with van der Waals surface area (Å²) in [6, 6.07) is 3.20. The van der Waals surface area contributed by atoms with Gasteiger partial charge in [0.2, 0.25) is 0 Å². The quantitative estimate of drug-likeness (QED) is 0.900. The lowest BCUT2D eigenvalue weighted by Crippen LogP contribution is -2.19. The molecule has 20 heavy (non-hydrogen) atoms. The lowest BCUT2D eigenvalue weighted by atomic mass is 10.3. The van der Waals surface area contributed by atoms with Crippen LogP contribution in [0.2, 0.25) is 0 Å². The minimum atomic E-state index is -4.77. The molecule has 1 heterocycles. The Morgan fingerprint density at radius 2 is 2.15 bits per heavy atom. The van der Waals surface area contributed by atoms with Gasteiger partial charge in [0.15, 0.2) is 0 Å². The van der Waals surface area contributed by atoms with Gasteiger partial charge in [0.1, 0.15) is 12.1 Å². The van der Waals surface area contributed by atoms with Gasteiger partial charge in [-0.3, -0.25) is 4.57 Å². The van der Waals surface area contributed by atoms with Crippen molar-refractivity contribution in [2.75, 3.05) is 5.32 Å². The smallest absolute Gasteiger partial charge is 0.405 e. The Kier molecular flexibility index (Phi) is 3.98. The fourth-order valence-corrected chi connectivity index (χ4v) is 1.81. The summed E-state index contributed by atoms with van der Waals surface area (Å²) < 4.78 is 41.3. The van der Waals surface area contributed by atoms with Crippen LogP contribution in [0.25, 0.3) is 0 Å². The molecule has 0 aliphatic heterocycles. The summed E-state index contributed by atoms with van der Waals surface area (Å²) >= 11 is 2.94. The van der Waals surface area contributed by atoms with Crippen LogP contribution in [0.5, 0.6) is 5.75 Å². The third-order valence-corrected chi connectivity index (χ3v) is 2.77. The zero-order valence-corrected chi connectivity index (χ0v) is 11.3. The predicted octanol–water partition coefficient (Wildman–Crippen LogP) is 3.62. The van der Waals surface area contributed by atoms with Crippen LogP contribution < -0.4 is 10.1 Å². The predicted molar refractivity (Wildman–Crippen MR) is 67.5 cm³/mol. The van der Waals surface area contributed by atoms with Crippen LogP contribution in [0, 0.1) is 0 Å². The number of halogens is 4. The van der Waals surface area contributed by atoms with Gasteiger partial charge in [-0.25, -0.2) is 9.78 Å². The van der Waals surface area contributed by atoms with Crippen LogP contribution in [-0.2, 0) is 0 Å². The molecule has 0 aliphatic rings. The molecule has 0 spiro atoms. The van der Waals surface area contributed by atoms with Crippen LogP contribution in [0.1, 0.15) is 0 Å². The minimum absolute atomic E-state index is 0.0678. The minimum Gasteiger partial charge on any atom is -0.405 e. The molecule has 106 valence electrons. The molecule has 0 saturated heterocycles. The van der Waals surface area contributed by atoms with Gasteiger partial charge in [0.05, 0.1) is 4.47 Å². The van der Waals surface area contributed by atoms with Crippen LogP contribution in [-0.4, -0.2) is 21.9 Å². The standard InChI is InChI=1S/C11H7BrF3N3O2/c12-8-5-7(1-2-9(8)20-11(13,14)15)17-10(19)18-4-3-16-6-18/h1-6H,(H,17,19). The van der Waals surface area contributed by atoms with Crippen LogP contribution in [0.4, 0.5) is 23.7 Å². The highest BCUT2D eigenvalue weighted by Crippen LogP contribution is 2.32. The van der Waals surface area contributed by atoms with Gasteiger partial charge < -0.3 is 10.1 Å². The van der Waals surface area contributed by atoms with E-state index in [0.717, 1.165) is 6.07 Å². The first-order chi connectivity index (χ1) is 9.35. The maximum absolute atomic E-state index is 12.1. The molecule has 2 aromatic rings. The molecule has 0 fully saturated rings. The van der Waals surface area contributed by atoms with Crippen molar-refractivity contribution in [3.05, 3.63) is 41.4 Å². The number of imidazole rings is 1. The molecule has 0 aliphatic carbocycles. The number of carbonyl (C=O) groups excluding carboxylic acids is 1. The van der Waals surface area contributed by atoms with Crippen LogP contribution in [0.15, 0.2) is 41.4 Å². The second-order valence-corrected chi connectivity index (χ2v) is 4.45. The van der Waals surface area contributed by atoms with Gasteiger partial charge in [0, 0.05) is 18.1 Å². The van der Waals surface area contributed by atoms with E-state index in [1.807, 2.05) is 0 Å². The van der Waals surface area contributed by atoms with Gasteiger partial charge in [-0.1, -0.05) is 0 Å². The summed E-state index contributed by atoms with van der Waals surface area (Å²) in [6.45, 7) is 0. The van der Waals surface area contributed by atoms with Crippen LogP contribution >= 0.6 is 15.9 Å². The van der Waals surface area contributed by atoms with Crippen molar-refractivity contribution >= 4 is 27.6 Å². The Bertz CT molecular complexity index is 614. The van der Waals surface area contributed by atoms with Crippen molar-refractivity contribution in [1.29, 1.82) is 0 Å². The Morgan fingerprint density at radius 1 is 1.40 bits per heavy atom. The van der Waals surface area contributed by atoms with E-state index in [1.165, 1.54) is 35.4 Å². The fourth-order valence-electron chi connectivity index (χ4n) is 1.35. The second-order valence-electron chi connectivity index (χ2n) is 3.59. The highest BCUT2D eigenvalue weighted by Gasteiger charge is 2.31. The highest BCUT2D eigenvalue weighted by atomic mass is 79.9. The molecular weight excluding hydrogens is 343 g/mol. The van der Waals surface area contributed by atoms with E-state index in [2.05, 4.69) is 31.0 Å². The van der Waals surface area contributed by atoms with E-state index in [-0.39, 0.29) is 4.47 Å². The number of anilines is 1. The Hall–Kier alpha value is -2.03. The van der Waals surface area contributed by atoms with Crippen molar-refractivity contribution in [1.82, 2.24) is 9.55 Å². The fraction of sp³-hybridized carbons (Fsp3) is 0.0909. The summed E-state index contributed by atoms with van der Waals surface area (Å²) in [5.74, 6) is -0.391. The molecule has 1 aromatic carbocycles. The average molecular weight is 350 g/mol. The van der Waals surface area contributed by atoms with Crippen LogP contribution in [0.3, 0.4) is 0 Å². The summed E-state index contributed by atoms with van der Waals surface area (Å²) in [4.78, 5) is 15.4. The number of carbonyl (C=O) groups is 1. The zero-order chi connectivity index (χ0) is 14.8. The number of alkyl halides is 3. The topological polar surface area (TPSA) is 56.1 Å². The molecule has 2 rings (SSSR count). The number of nitrogens with one attached hydrogen (secondary N) is 1.